The zero-order valence-electron chi connectivity index (χ0n) is 21.0. The van der Waals surface area contributed by atoms with E-state index in [2.05, 4.69) is 27.5 Å². The van der Waals surface area contributed by atoms with E-state index < -0.39 is 5.41 Å². The predicted molar refractivity (Wildman–Crippen MR) is 133 cm³/mol. The van der Waals surface area contributed by atoms with Gasteiger partial charge in [0.15, 0.2) is 5.82 Å². The highest BCUT2D eigenvalue weighted by atomic mass is 16.2. The Bertz CT molecular complexity index is 1160. The maximum atomic E-state index is 12.8. The molecule has 1 heterocycles. The van der Waals surface area contributed by atoms with E-state index in [-0.39, 0.29) is 17.9 Å². The van der Waals surface area contributed by atoms with Gasteiger partial charge < -0.3 is 15.5 Å². The third-order valence-corrected chi connectivity index (χ3v) is 6.94. The number of nitrogens with one attached hydrogen (secondary N) is 1. The van der Waals surface area contributed by atoms with E-state index in [1.54, 1.807) is 38.0 Å². The van der Waals surface area contributed by atoms with Gasteiger partial charge in [0.1, 0.15) is 0 Å². The third kappa shape index (κ3) is 4.32. The molecule has 0 bridgehead atoms. The second-order valence-electron chi connectivity index (χ2n) is 9.67. The van der Waals surface area contributed by atoms with Crippen molar-refractivity contribution in [2.24, 2.45) is 5.73 Å². The Labute approximate surface area is 205 Å². The topological polar surface area (TPSA) is 121 Å². The largest absolute Gasteiger partial charge is 0.345 e. The van der Waals surface area contributed by atoms with Gasteiger partial charge in [-0.3, -0.25) is 9.59 Å². The summed E-state index contributed by atoms with van der Waals surface area (Å²) in [5.41, 5.74) is 11.3. The van der Waals surface area contributed by atoms with Crippen LogP contribution in [-0.2, 0) is 18.3 Å². The molecule has 9 nitrogen and oxygen atoms in total. The number of rotatable bonds is 6. The molecule has 0 radical (unpaired) electrons. The number of aromatic amines is 1. The van der Waals surface area contributed by atoms with Crippen LogP contribution in [0.1, 0.15) is 68.6 Å². The summed E-state index contributed by atoms with van der Waals surface area (Å²) >= 11 is 0. The Hall–Kier alpha value is -3.59. The van der Waals surface area contributed by atoms with Crippen LogP contribution in [0.15, 0.2) is 36.4 Å². The summed E-state index contributed by atoms with van der Waals surface area (Å²) in [6.45, 7) is 2.06. The van der Waals surface area contributed by atoms with E-state index >= 15 is 0 Å². The molecule has 3 N–H and O–H groups in total. The molecule has 35 heavy (non-hydrogen) atoms. The summed E-state index contributed by atoms with van der Waals surface area (Å²) in [6.07, 6.45) is 2.77. The molecule has 2 aromatic carbocycles. The summed E-state index contributed by atoms with van der Waals surface area (Å²) < 4.78 is 0. The van der Waals surface area contributed by atoms with Crippen molar-refractivity contribution in [1.82, 2.24) is 30.4 Å². The van der Waals surface area contributed by atoms with Crippen LogP contribution in [0.4, 0.5) is 0 Å². The first kappa shape index (κ1) is 24.5. The maximum absolute atomic E-state index is 12.8. The minimum atomic E-state index is -0.751. The van der Waals surface area contributed by atoms with E-state index in [1.165, 1.54) is 0 Å². The fraction of sp³-hybridized carbons (Fsp3) is 0.423. The molecule has 0 unspecified atom stereocenters. The highest BCUT2D eigenvalue weighted by molar-refractivity contribution is 5.95. The van der Waals surface area contributed by atoms with E-state index in [0.29, 0.717) is 36.2 Å². The van der Waals surface area contributed by atoms with Crippen LogP contribution < -0.4 is 5.73 Å². The monoisotopic (exact) mass is 475 g/mol. The Kier molecular flexibility index (Phi) is 6.71. The van der Waals surface area contributed by atoms with Gasteiger partial charge in [0.05, 0.1) is 5.41 Å². The van der Waals surface area contributed by atoms with Crippen molar-refractivity contribution in [3.05, 3.63) is 75.6 Å². The SMILES string of the molecule is CC[C@@H](N)CC1(c2nnn[nH]2)c2ccc(C(=O)N(C)C)cc2CCc2cc(C(=O)N(C)C)ccc21. The average Bonchev–Trinajstić information content (AvgIpc) is 3.36. The van der Waals surface area contributed by atoms with Gasteiger partial charge in [0.2, 0.25) is 0 Å². The highest BCUT2D eigenvalue weighted by Gasteiger charge is 2.45. The lowest BCUT2D eigenvalue weighted by molar-refractivity contribution is 0.0820. The van der Waals surface area contributed by atoms with Crippen molar-refractivity contribution < 1.29 is 9.59 Å². The number of aryl methyl sites for hydroxylation is 2. The summed E-state index contributed by atoms with van der Waals surface area (Å²) in [5.74, 6) is 0.500. The Morgan fingerprint density at radius 1 is 0.971 bits per heavy atom. The second kappa shape index (κ2) is 9.58. The number of nitrogens with two attached hydrogens (primary N) is 1. The van der Waals surface area contributed by atoms with Crippen molar-refractivity contribution in [3.8, 4) is 0 Å². The molecular weight excluding hydrogens is 442 g/mol. The molecule has 4 rings (SSSR count). The molecule has 3 aromatic rings. The van der Waals surface area contributed by atoms with Crippen LogP contribution in [0.25, 0.3) is 0 Å². The average molecular weight is 476 g/mol. The number of benzene rings is 2. The second-order valence-corrected chi connectivity index (χ2v) is 9.67. The molecular formula is C26H33N7O2. The Balaban J connectivity index is 2.01. The van der Waals surface area contributed by atoms with Crippen LogP contribution in [0.2, 0.25) is 0 Å². The first-order valence-electron chi connectivity index (χ1n) is 11.9. The number of aromatic nitrogens is 4. The van der Waals surface area contributed by atoms with E-state index in [4.69, 9.17) is 5.73 Å². The summed E-state index contributed by atoms with van der Waals surface area (Å²) in [4.78, 5) is 28.7. The van der Waals surface area contributed by atoms with Gasteiger partial charge in [-0.25, -0.2) is 5.10 Å². The molecule has 0 fully saturated rings. The first-order valence-corrected chi connectivity index (χ1v) is 11.9. The maximum Gasteiger partial charge on any atom is 0.253 e. The fourth-order valence-electron chi connectivity index (χ4n) is 5.08. The van der Waals surface area contributed by atoms with Gasteiger partial charge in [0.25, 0.3) is 11.8 Å². The molecule has 0 saturated carbocycles. The molecule has 1 aliphatic rings. The number of H-pyrrole nitrogens is 1. The van der Waals surface area contributed by atoms with Crippen molar-refractivity contribution in [1.29, 1.82) is 0 Å². The van der Waals surface area contributed by atoms with Gasteiger partial charge in [-0.05, 0) is 82.6 Å². The fourth-order valence-corrected chi connectivity index (χ4v) is 5.08. The molecule has 0 saturated heterocycles. The van der Waals surface area contributed by atoms with Crippen LogP contribution >= 0.6 is 0 Å². The Morgan fingerprint density at radius 3 is 1.89 bits per heavy atom. The zero-order chi connectivity index (χ0) is 25.3. The molecule has 1 atom stereocenters. The predicted octanol–water partition coefficient (Wildman–Crippen LogP) is 2.16. The smallest absolute Gasteiger partial charge is 0.253 e. The lowest BCUT2D eigenvalue weighted by Gasteiger charge is -2.36. The van der Waals surface area contributed by atoms with Crippen molar-refractivity contribution in [2.45, 2.75) is 44.1 Å². The summed E-state index contributed by atoms with van der Waals surface area (Å²) in [5, 5.41) is 15.2. The number of tetrazole rings is 1. The quantitative estimate of drug-likeness (QED) is 0.564. The first-order chi connectivity index (χ1) is 16.7. The number of fused-ring (bicyclic) bond motifs is 2. The van der Waals surface area contributed by atoms with Crippen molar-refractivity contribution >= 4 is 11.8 Å². The number of hydrogen-bond acceptors (Lipinski definition) is 6. The van der Waals surface area contributed by atoms with Crippen LogP contribution in [0.5, 0.6) is 0 Å². The number of carbonyl (C=O) groups excluding carboxylic acids is 2. The van der Waals surface area contributed by atoms with Crippen molar-refractivity contribution in [3.63, 3.8) is 0 Å². The van der Waals surface area contributed by atoms with E-state index in [9.17, 15) is 9.59 Å². The summed E-state index contributed by atoms with van der Waals surface area (Å²) in [7, 11) is 6.99. The van der Waals surface area contributed by atoms with Gasteiger partial charge in [-0.15, -0.1) is 5.10 Å². The third-order valence-electron chi connectivity index (χ3n) is 6.94. The molecule has 1 aliphatic carbocycles. The van der Waals surface area contributed by atoms with Crippen LogP contribution in [0, 0.1) is 0 Å². The zero-order valence-corrected chi connectivity index (χ0v) is 21.0. The van der Waals surface area contributed by atoms with E-state index in [0.717, 1.165) is 28.7 Å². The molecule has 2 amide bonds. The number of amides is 2. The molecule has 184 valence electrons. The van der Waals surface area contributed by atoms with Gasteiger partial charge in [-0.1, -0.05) is 19.1 Å². The van der Waals surface area contributed by atoms with Gasteiger partial charge >= 0.3 is 0 Å². The molecule has 9 heteroatoms. The highest BCUT2D eigenvalue weighted by Crippen LogP contribution is 2.47. The van der Waals surface area contributed by atoms with Crippen LogP contribution in [0.3, 0.4) is 0 Å². The lowest BCUT2D eigenvalue weighted by Crippen LogP contribution is -2.39. The van der Waals surface area contributed by atoms with Gasteiger partial charge in [0, 0.05) is 45.4 Å². The number of hydrogen-bond donors (Lipinski definition) is 2. The lowest BCUT2D eigenvalue weighted by atomic mass is 9.67. The minimum Gasteiger partial charge on any atom is -0.345 e. The Morgan fingerprint density at radius 2 is 1.49 bits per heavy atom. The minimum absolute atomic E-state index is 0.0504. The number of carbonyl (C=O) groups is 2. The number of nitrogens with zero attached hydrogens (tertiary/aromatic N) is 5. The standard InChI is InChI=1S/C26H33N7O2/c1-6-20(27)15-26(25-28-30-31-29-25)21-11-9-18(23(34)32(2)3)13-16(21)7-8-17-14-19(10-12-22(17)26)24(35)33(4)5/h9-14,20H,6-8,15,27H2,1-5H3,(H,28,29,30,31)/t20-/m1/s1. The van der Waals surface area contributed by atoms with E-state index in [1.807, 2.05) is 36.4 Å². The molecule has 1 aromatic heterocycles. The summed E-state index contributed by atoms with van der Waals surface area (Å²) in [6, 6.07) is 11.6. The van der Waals surface area contributed by atoms with Crippen molar-refractivity contribution in [2.75, 3.05) is 28.2 Å². The molecule has 0 aliphatic heterocycles. The normalized spacial score (nSPS) is 14.9. The van der Waals surface area contributed by atoms with Crippen LogP contribution in [-0.4, -0.2) is 76.5 Å². The van der Waals surface area contributed by atoms with Gasteiger partial charge in [-0.2, -0.15) is 0 Å². The molecule has 0 spiro atoms.